The Bertz CT molecular complexity index is 133. The van der Waals surface area contributed by atoms with Gasteiger partial charge in [-0.05, 0) is 37.1 Å². The zero-order chi connectivity index (χ0) is 9.19. The summed E-state index contributed by atoms with van der Waals surface area (Å²) < 4.78 is 0. The Kier molecular flexibility index (Phi) is 3.13. The molecule has 0 aromatic carbocycles. The fourth-order valence-electron chi connectivity index (χ4n) is 2.12. The number of rotatable bonds is 4. The molecule has 12 heavy (non-hydrogen) atoms. The third-order valence-corrected chi connectivity index (χ3v) is 3.27. The van der Waals surface area contributed by atoms with E-state index in [1.807, 2.05) is 0 Å². The second-order valence-corrected chi connectivity index (χ2v) is 4.66. The Labute approximate surface area is 75.7 Å². The lowest BCUT2D eigenvalue weighted by atomic mass is 9.63. The van der Waals surface area contributed by atoms with Crippen molar-refractivity contribution in [3.63, 3.8) is 0 Å². The zero-order valence-electron chi connectivity index (χ0n) is 8.34. The predicted octanol–water partition coefficient (Wildman–Crippen LogP) is 1.49. The minimum Gasteiger partial charge on any atom is -0.330 e. The van der Waals surface area contributed by atoms with Gasteiger partial charge < -0.3 is 11.5 Å². The Morgan fingerprint density at radius 3 is 2.17 bits per heavy atom. The maximum absolute atomic E-state index is 6.15. The molecule has 0 radical (unpaired) electrons. The van der Waals surface area contributed by atoms with E-state index < -0.39 is 0 Å². The van der Waals surface area contributed by atoms with E-state index >= 15 is 0 Å². The maximum atomic E-state index is 6.15. The van der Waals surface area contributed by atoms with Gasteiger partial charge in [0.15, 0.2) is 0 Å². The van der Waals surface area contributed by atoms with Crippen LogP contribution in [-0.4, -0.2) is 12.6 Å². The highest BCUT2D eigenvalue weighted by Crippen LogP contribution is 2.43. The van der Waals surface area contributed by atoms with Crippen molar-refractivity contribution >= 4 is 0 Å². The minimum atomic E-state index is 0.310. The molecule has 1 fully saturated rings. The molecule has 0 amide bonds. The topological polar surface area (TPSA) is 52.0 Å². The minimum absolute atomic E-state index is 0.310. The molecule has 0 saturated heterocycles. The second-order valence-electron chi connectivity index (χ2n) is 4.66. The van der Waals surface area contributed by atoms with Crippen LogP contribution in [0.25, 0.3) is 0 Å². The molecule has 0 aromatic heterocycles. The van der Waals surface area contributed by atoms with Crippen molar-refractivity contribution in [2.45, 2.75) is 45.6 Å². The molecule has 0 bridgehead atoms. The van der Waals surface area contributed by atoms with Crippen molar-refractivity contribution in [1.82, 2.24) is 0 Å². The van der Waals surface area contributed by atoms with E-state index in [4.69, 9.17) is 11.5 Å². The van der Waals surface area contributed by atoms with Gasteiger partial charge in [0.05, 0.1) is 0 Å². The molecule has 0 heterocycles. The van der Waals surface area contributed by atoms with Gasteiger partial charge >= 0.3 is 0 Å². The van der Waals surface area contributed by atoms with E-state index in [1.54, 1.807) is 0 Å². The van der Waals surface area contributed by atoms with Crippen LogP contribution in [0.3, 0.4) is 0 Å². The first-order chi connectivity index (χ1) is 5.60. The molecule has 0 aliphatic heterocycles. The van der Waals surface area contributed by atoms with Gasteiger partial charge in [0, 0.05) is 6.04 Å². The summed E-state index contributed by atoms with van der Waals surface area (Å²) >= 11 is 0. The third-order valence-electron chi connectivity index (χ3n) is 3.27. The standard InChI is InChI=1S/C10H22N2/c1-8(2)6-9(12)10(7-11)4-3-5-10/h8-9H,3-7,11-12H2,1-2H3. The molecule has 0 spiro atoms. The first kappa shape index (κ1) is 10.0. The summed E-state index contributed by atoms with van der Waals surface area (Å²) in [6.07, 6.45) is 4.94. The van der Waals surface area contributed by atoms with E-state index in [1.165, 1.54) is 19.3 Å². The fraction of sp³-hybridized carbons (Fsp3) is 1.00. The lowest BCUT2D eigenvalue weighted by Crippen LogP contribution is -2.51. The third kappa shape index (κ3) is 1.80. The molecule has 1 unspecified atom stereocenters. The summed E-state index contributed by atoms with van der Waals surface area (Å²) in [4.78, 5) is 0. The number of nitrogens with two attached hydrogens (primary N) is 2. The molecular weight excluding hydrogens is 148 g/mol. The zero-order valence-corrected chi connectivity index (χ0v) is 8.34. The monoisotopic (exact) mass is 170 g/mol. The fourth-order valence-corrected chi connectivity index (χ4v) is 2.12. The van der Waals surface area contributed by atoms with Crippen LogP contribution in [0.4, 0.5) is 0 Å². The van der Waals surface area contributed by atoms with Crippen molar-refractivity contribution in [1.29, 1.82) is 0 Å². The number of hydrogen-bond donors (Lipinski definition) is 2. The summed E-state index contributed by atoms with van der Waals surface area (Å²) in [7, 11) is 0. The van der Waals surface area contributed by atoms with Crippen LogP contribution in [0, 0.1) is 11.3 Å². The highest BCUT2D eigenvalue weighted by Gasteiger charge is 2.40. The Balaban J connectivity index is 2.43. The van der Waals surface area contributed by atoms with Gasteiger partial charge in [-0.3, -0.25) is 0 Å². The highest BCUT2D eigenvalue weighted by molar-refractivity contribution is 4.96. The molecule has 2 heteroatoms. The van der Waals surface area contributed by atoms with Gasteiger partial charge in [-0.25, -0.2) is 0 Å². The molecule has 4 N–H and O–H groups in total. The predicted molar refractivity (Wildman–Crippen MR) is 52.8 cm³/mol. The highest BCUT2D eigenvalue weighted by atomic mass is 14.8. The quantitative estimate of drug-likeness (QED) is 0.671. The molecule has 2 nitrogen and oxygen atoms in total. The second kappa shape index (κ2) is 3.75. The van der Waals surface area contributed by atoms with Crippen molar-refractivity contribution in [3.8, 4) is 0 Å². The lowest BCUT2D eigenvalue weighted by molar-refractivity contribution is 0.0932. The van der Waals surface area contributed by atoms with E-state index in [0.29, 0.717) is 17.4 Å². The average Bonchev–Trinajstić information content (AvgIpc) is 1.83. The summed E-state index contributed by atoms with van der Waals surface area (Å²) in [6, 6.07) is 0.330. The van der Waals surface area contributed by atoms with Crippen LogP contribution in [0.15, 0.2) is 0 Å². The summed E-state index contributed by atoms with van der Waals surface area (Å²) in [5.41, 5.74) is 12.2. The first-order valence-electron chi connectivity index (χ1n) is 5.06. The van der Waals surface area contributed by atoms with Crippen LogP contribution in [0.2, 0.25) is 0 Å². The molecule has 1 atom stereocenters. The lowest BCUT2D eigenvalue weighted by Gasteiger charge is -2.46. The van der Waals surface area contributed by atoms with E-state index in [9.17, 15) is 0 Å². The van der Waals surface area contributed by atoms with Crippen molar-refractivity contribution < 1.29 is 0 Å². The Hall–Kier alpha value is -0.0800. The normalized spacial score (nSPS) is 23.8. The smallest absolute Gasteiger partial charge is 0.0110 e. The van der Waals surface area contributed by atoms with Crippen LogP contribution in [0.5, 0.6) is 0 Å². The number of hydrogen-bond acceptors (Lipinski definition) is 2. The maximum Gasteiger partial charge on any atom is 0.0110 e. The Morgan fingerprint density at radius 1 is 1.33 bits per heavy atom. The van der Waals surface area contributed by atoms with Gasteiger partial charge in [0.25, 0.3) is 0 Å². The molecule has 1 aliphatic rings. The van der Waals surface area contributed by atoms with Crippen LogP contribution < -0.4 is 11.5 Å². The molecule has 1 saturated carbocycles. The molecular formula is C10H22N2. The summed E-state index contributed by atoms with van der Waals surface area (Å²) in [5, 5.41) is 0. The Morgan fingerprint density at radius 2 is 1.92 bits per heavy atom. The summed E-state index contributed by atoms with van der Waals surface area (Å²) in [5.74, 6) is 0.698. The van der Waals surface area contributed by atoms with Gasteiger partial charge in [-0.15, -0.1) is 0 Å². The van der Waals surface area contributed by atoms with Crippen molar-refractivity contribution in [3.05, 3.63) is 0 Å². The molecule has 0 aromatic rings. The van der Waals surface area contributed by atoms with Gasteiger partial charge in [0.1, 0.15) is 0 Å². The largest absolute Gasteiger partial charge is 0.330 e. The van der Waals surface area contributed by atoms with E-state index in [0.717, 1.165) is 13.0 Å². The van der Waals surface area contributed by atoms with Crippen molar-refractivity contribution in [2.75, 3.05) is 6.54 Å². The van der Waals surface area contributed by atoms with Crippen LogP contribution in [-0.2, 0) is 0 Å². The van der Waals surface area contributed by atoms with Gasteiger partial charge in [-0.1, -0.05) is 20.3 Å². The molecule has 72 valence electrons. The van der Waals surface area contributed by atoms with Crippen molar-refractivity contribution in [2.24, 2.45) is 22.8 Å². The molecule has 1 aliphatic carbocycles. The van der Waals surface area contributed by atoms with Gasteiger partial charge in [-0.2, -0.15) is 0 Å². The molecule has 1 rings (SSSR count). The van der Waals surface area contributed by atoms with Crippen LogP contribution >= 0.6 is 0 Å². The van der Waals surface area contributed by atoms with E-state index in [-0.39, 0.29) is 0 Å². The van der Waals surface area contributed by atoms with E-state index in [2.05, 4.69) is 13.8 Å². The SMILES string of the molecule is CC(C)CC(N)C1(CN)CCC1. The average molecular weight is 170 g/mol. The summed E-state index contributed by atoms with van der Waals surface area (Å²) in [6.45, 7) is 5.23. The van der Waals surface area contributed by atoms with Crippen LogP contribution in [0.1, 0.15) is 39.5 Å². The van der Waals surface area contributed by atoms with Gasteiger partial charge in [0.2, 0.25) is 0 Å². The first-order valence-corrected chi connectivity index (χ1v) is 5.06.